The zero-order valence-corrected chi connectivity index (χ0v) is 12.5. The second-order valence-corrected chi connectivity index (χ2v) is 3.61. The number of hydrogen-bond donors (Lipinski definition) is 0. The largest absolute Gasteiger partial charge is 1.00 e. The van der Waals surface area contributed by atoms with Crippen LogP contribution in [0.4, 0.5) is 4.39 Å². The first-order valence-electron chi connectivity index (χ1n) is 4.77. The Labute approximate surface area is 115 Å². The van der Waals surface area contributed by atoms with Crippen molar-refractivity contribution in [1.82, 2.24) is 0 Å². The van der Waals surface area contributed by atoms with Crippen LogP contribution >= 0.6 is 0 Å². The number of ether oxygens (including phenoxy) is 1. The fraction of sp³-hybridized carbons (Fsp3) is 0.455. The van der Waals surface area contributed by atoms with E-state index in [1.54, 1.807) is 33.8 Å². The van der Waals surface area contributed by atoms with E-state index in [9.17, 15) is 4.39 Å². The topological polar surface area (TPSA) is 9.23 Å². The molecule has 0 aromatic heterocycles. The quantitative estimate of drug-likeness (QED) is 0.633. The molecule has 1 aromatic rings. The van der Waals surface area contributed by atoms with Crippen LogP contribution in [0.5, 0.6) is 0 Å². The van der Waals surface area contributed by atoms with Gasteiger partial charge in [0.2, 0.25) is 0 Å². The van der Waals surface area contributed by atoms with Crippen molar-refractivity contribution >= 4 is 25.4 Å². The third-order valence-corrected chi connectivity index (χ3v) is 2.48. The molecule has 0 saturated heterocycles. The number of benzene rings is 1. The van der Waals surface area contributed by atoms with Gasteiger partial charge in [-0.1, -0.05) is 0 Å². The van der Waals surface area contributed by atoms with E-state index in [1.165, 1.54) is 6.07 Å². The Bertz CT molecular complexity index is 267. The molecule has 0 amide bonds. The molecule has 0 radical (unpaired) electrons. The third kappa shape index (κ3) is 9.29. The fourth-order valence-electron chi connectivity index (χ4n) is 0.844. The molecule has 1 rings (SSSR count). The smallest absolute Gasteiger partial charge is 1.00 e. The van der Waals surface area contributed by atoms with Gasteiger partial charge < -0.3 is 21.7 Å². The Hall–Kier alpha value is 0.356. The van der Waals surface area contributed by atoms with Gasteiger partial charge >= 0.3 is 66.3 Å². The van der Waals surface area contributed by atoms with Crippen LogP contribution in [0.2, 0.25) is 0 Å². The molecule has 82 valence electrons. The molecule has 0 spiro atoms. The van der Waals surface area contributed by atoms with E-state index < -0.39 is 0 Å². The second kappa shape index (κ2) is 10.9. The first kappa shape index (κ1) is 17.7. The molecule has 0 N–H and O–H groups in total. The molecule has 1 aromatic carbocycles. The van der Waals surface area contributed by atoms with Gasteiger partial charge in [-0.3, -0.25) is 0 Å². The Morgan fingerprint density at radius 1 is 1.27 bits per heavy atom. The maximum absolute atomic E-state index is 12.4. The molecule has 0 aliphatic carbocycles. The van der Waals surface area contributed by atoms with Gasteiger partial charge in [0.1, 0.15) is 0 Å². The van der Waals surface area contributed by atoms with E-state index in [1.807, 2.05) is 20.8 Å². The minimum absolute atomic E-state index is 0. The van der Waals surface area contributed by atoms with E-state index >= 15 is 0 Å². The average molecular weight is 287 g/mol. The van der Waals surface area contributed by atoms with Crippen LogP contribution < -0.4 is 20.7 Å². The maximum atomic E-state index is 12.4. The number of hydrogen-bond acceptors (Lipinski definition) is 1. The molecule has 0 aliphatic heterocycles. The number of rotatable bonds is 2. The van der Waals surface area contributed by atoms with Gasteiger partial charge in [-0.25, -0.2) is 0 Å². The van der Waals surface area contributed by atoms with Crippen molar-refractivity contribution in [3.05, 3.63) is 29.6 Å². The molecule has 0 saturated carbocycles. The summed E-state index contributed by atoms with van der Waals surface area (Å²) in [5, 5.41) is 0. The Morgan fingerprint density at radius 2 is 1.80 bits per heavy atom. The van der Waals surface area contributed by atoms with Crippen molar-refractivity contribution < 1.29 is 26.1 Å². The first-order valence-corrected chi connectivity index (χ1v) is 5.48. The summed E-state index contributed by atoms with van der Waals surface area (Å²) in [6.07, 6.45) is 0. The molecule has 0 unspecified atom stereocenters. The van der Waals surface area contributed by atoms with Crippen molar-refractivity contribution in [2.45, 2.75) is 20.8 Å². The van der Waals surface area contributed by atoms with Gasteiger partial charge in [0.25, 0.3) is 0 Å². The molecule has 15 heavy (non-hydrogen) atoms. The minimum Gasteiger partial charge on any atom is -1.00 e. The Kier molecular flexibility index (Phi) is 12.8. The van der Waals surface area contributed by atoms with E-state index in [4.69, 9.17) is 4.74 Å². The average Bonchev–Trinajstić information content (AvgIpc) is 2.14. The van der Waals surface area contributed by atoms with Gasteiger partial charge in [-0.2, -0.15) is 0 Å². The standard InChI is InChI=1S/C7H6F.C4H10O.BrH.Mg/c1-6-2-4-7(8)5-3-6;1-3-5-4-2;;/h2,4-5H,1H3;3-4H2,1-2H3;1H;/q;;;+1/p-1. The van der Waals surface area contributed by atoms with E-state index in [0.29, 0.717) is 0 Å². The predicted molar refractivity (Wildman–Crippen MR) is 58.7 cm³/mol. The molecule has 0 aliphatic rings. The first-order chi connectivity index (χ1) is 6.61. The third-order valence-electron chi connectivity index (χ3n) is 1.72. The SMILES string of the molecule is CCOCC.Cc1ccc(F)c[c]1[Mg+].[Br-]. The van der Waals surface area contributed by atoms with Crippen LogP contribution in [0.3, 0.4) is 0 Å². The summed E-state index contributed by atoms with van der Waals surface area (Å²) in [6, 6.07) is 4.82. The Balaban J connectivity index is 0. The zero-order valence-electron chi connectivity index (χ0n) is 9.52. The molecule has 1 nitrogen and oxygen atoms in total. The molecule has 0 atom stereocenters. The van der Waals surface area contributed by atoms with E-state index in [-0.39, 0.29) is 22.8 Å². The summed E-state index contributed by atoms with van der Waals surface area (Å²) in [6.45, 7) is 7.64. The summed E-state index contributed by atoms with van der Waals surface area (Å²) in [7, 11) is 0. The van der Waals surface area contributed by atoms with Crippen molar-refractivity contribution in [2.24, 2.45) is 0 Å². The monoisotopic (exact) mass is 286 g/mol. The van der Waals surface area contributed by atoms with Crippen molar-refractivity contribution in [3.63, 3.8) is 0 Å². The molecule has 0 bridgehead atoms. The molecule has 0 fully saturated rings. The van der Waals surface area contributed by atoms with E-state index in [0.717, 1.165) is 22.5 Å². The van der Waals surface area contributed by atoms with Gasteiger partial charge in [0.05, 0.1) is 0 Å². The minimum atomic E-state index is -0.148. The van der Waals surface area contributed by atoms with Crippen LogP contribution in [0.25, 0.3) is 0 Å². The fourth-order valence-corrected chi connectivity index (χ4v) is 1.16. The summed E-state index contributed by atoms with van der Waals surface area (Å²) >= 11 is 1.71. The Morgan fingerprint density at radius 3 is 2.07 bits per heavy atom. The van der Waals surface area contributed by atoms with Crippen LogP contribution in [0.15, 0.2) is 18.2 Å². The summed E-state index contributed by atoms with van der Waals surface area (Å²) in [4.78, 5) is 0. The number of halogens is 2. The summed E-state index contributed by atoms with van der Waals surface area (Å²) in [5.74, 6) is -0.148. The van der Waals surface area contributed by atoms with Crippen molar-refractivity contribution in [2.75, 3.05) is 13.2 Å². The number of aryl methyl sites for hydroxylation is 1. The van der Waals surface area contributed by atoms with Gasteiger partial charge in [-0.05, 0) is 13.8 Å². The predicted octanol–water partition coefficient (Wildman–Crippen LogP) is -1.03. The zero-order chi connectivity index (χ0) is 11.0. The molecular formula is C11H16BrFMgO. The van der Waals surface area contributed by atoms with E-state index in [2.05, 4.69) is 0 Å². The van der Waals surface area contributed by atoms with Crippen LogP contribution in [0.1, 0.15) is 19.4 Å². The van der Waals surface area contributed by atoms with Crippen LogP contribution in [0, 0.1) is 12.7 Å². The second-order valence-electron chi connectivity index (χ2n) is 2.85. The van der Waals surface area contributed by atoms with Gasteiger partial charge in [-0.15, -0.1) is 0 Å². The molecule has 4 heteroatoms. The van der Waals surface area contributed by atoms with Crippen LogP contribution in [-0.4, -0.2) is 34.9 Å². The molecular weight excluding hydrogens is 271 g/mol. The van der Waals surface area contributed by atoms with Crippen LogP contribution in [-0.2, 0) is 4.74 Å². The van der Waals surface area contributed by atoms with Crippen molar-refractivity contribution in [3.8, 4) is 0 Å². The summed E-state index contributed by atoms with van der Waals surface area (Å²) < 4.78 is 18.2. The maximum Gasteiger partial charge on any atom is -1.00 e. The van der Waals surface area contributed by atoms with Crippen molar-refractivity contribution in [1.29, 1.82) is 0 Å². The summed E-state index contributed by atoms with van der Waals surface area (Å²) in [5.41, 5.74) is 1.15. The molecule has 0 heterocycles. The van der Waals surface area contributed by atoms with Gasteiger partial charge in [0, 0.05) is 13.2 Å². The van der Waals surface area contributed by atoms with Gasteiger partial charge in [0.15, 0.2) is 0 Å². The normalized spacial score (nSPS) is 8.67.